The molecule has 1 aromatic heterocycles. The Balaban J connectivity index is 1.82. The molecule has 0 spiro atoms. The highest BCUT2D eigenvalue weighted by Crippen LogP contribution is 2.27. The highest BCUT2D eigenvalue weighted by molar-refractivity contribution is 7.98. The highest BCUT2D eigenvalue weighted by Gasteiger charge is 2.14. The van der Waals surface area contributed by atoms with Crippen molar-refractivity contribution in [3.63, 3.8) is 0 Å². The number of rotatable bonds is 6. The summed E-state index contributed by atoms with van der Waals surface area (Å²) in [5, 5.41) is 9.36. The maximum absolute atomic E-state index is 13.7. The minimum Gasteiger partial charge on any atom is -0.497 e. The molecule has 1 heterocycles. The Bertz CT molecular complexity index is 817. The first-order valence-corrected chi connectivity index (χ1v) is 8.65. The van der Waals surface area contributed by atoms with E-state index >= 15 is 0 Å². The van der Waals surface area contributed by atoms with Crippen LogP contribution in [0.5, 0.6) is 5.75 Å². The van der Waals surface area contributed by atoms with Crippen molar-refractivity contribution in [1.82, 2.24) is 14.8 Å². The van der Waals surface area contributed by atoms with Crippen LogP contribution in [0.15, 0.2) is 53.7 Å². The normalized spacial score (nSPS) is 10.8. The quantitative estimate of drug-likeness (QED) is 0.622. The molecule has 0 N–H and O–H groups in total. The molecule has 0 unspecified atom stereocenters. The largest absolute Gasteiger partial charge is 0.497 e. The van der Waals surface area contributed by atoms with Crippen molar-refractivity contribution in [2.45, 2.75) is 24.4 Å². The third kappa shape index (κ3) is 3.43. The number of aromatic nitrogens is 3. The molecule has 0 saturated carbocycles. The van der Waals surface area contributed by atoms with Crippen LogP contribution in [0.1, 0.15) is 12.5 Å². The van der Waals surface area contributed by atoms with E-state index in [0.29, 0.717) is 11.3 Å². The summed E-state index contributed by atoms with van der Waals surface area (Å²) in [4.78, 5) is 0. The van der Waals surface area contributed by atoms with Crippen molar-refractivity contribution in [2.75, 3.05) is 7.11 Å². The Morgan fingerprint density at radius 3 is 2.50 bits per heavy atom. The van der Waals surface area contributed by atoms with Gasteiger partial charge in [-0.25, -0.2) is 4.39 Å². The van der Waals surface area contributed by atoms with Crippen molar-refractivity contribution in [1.29, 1.82) is 0 Å². The molecule has 0 radical (unpaired) electrons. The molecule has 0 amide bonds. The molecule has 0 aliphatic carbocycles. The van der Waals surface area contributed by atoms with Gasteiger partial charge in [0.25, 0.3) is 0 Å². The molecule has 124 valence electrons. The summed E-state index contributed by atoms with van der Waals surface area (Å²) in [7, 11) is 1.64. The van der Waals surface area contributed by atoms with Gasteiger partial charge < -0.3 is 9.30 Å². The summed E-state index contributed by atoms with van der Waals surface area (Å²) < 4.78 is 21.0. The van der Waals surface area contributed by atoms with Crippen LogP contribution < -0.4 is 4.74 Å². The average Bonchev–Trinajstić information content (AvgIpc) is 3.04. The molecule has 3 aromatic rings. The Morgan fingerprint density at radius 1 is 1.08 bits per heavy atom. The standard InChI is InChI=1S/C18H18FN3OS/c1-3-22-17(13-8-10-15(23-2)11-9-13)20-21-18(22)24-12-14-6-4-5-7-16(14)19/h4-11H,3,12H2,1-2H3. The lowest BCUT2D eigenvalue weighted by molar-refractivity contribution is 0.415. The topological polar surface area (TPSA) is 39.9 Å². The van der Waals surface area contributed by atoms with Gasteiger partial charge in [-0.3, -0.25) is 0 Å². The van der Waals surface area contributed by atoms with E-state index in [9.17, 15) is 4.39 Å². The zero-order valence-electron chi connectivity index (χ0n) is 13.6. The second-order valence-corrected chi connectivity index (χ2v) is 6.10. The van der Waals surface area contributed by atoms with Crippen molar-refractivity contribution in [3.05, 3.63) is 59.9 Å². The molecule has 3 rings (SSSR count). The first kappa shape index (κ1) is 16.5. The molecule has 0 bridgehead atoms. The summed E-state index contributed by atoms with van der Waals surface area (Å²) in [6, 6.07) is 14.5. The van der Waals surface area contributed by atoms with Gasteiger partial charge in [-0.05, 0) is 42.8 Å². The Kier molecular flexibility index (Phi) is 5.15. The summed E-state index contributed by atoms with van der Waals surface area (Å²) >= 11 is 1.49. The van der Waals surface area contributed by atoms with Crippen LogP contribution in [0.3, 0.4) is 0 Å². The van der Waals surface area contributed by atoms with Crippen LogP contribution in [0.2, 0.25) is 0 Å². The SMILES string of the molecule is CCn1c(SCc2ccccc2F)nnc1-c1ccc(OC)cc1. The molecule has 6 heteroatoms. The summed E-state index contributed by atoms with van der Waals surface area (Å²) in [6.45, 7) is 2.79. The fourth-order valence-electron chi connectivity index (χ4n) is 2.39. The number of nitrogens with zero attached hydrogens (tertiary/aromatic N) is 3. The molecule has 0 atom stereocenters. The molecule has 2 aromatic carbocycles. The van der Waals surface area contributed by atoms with Gasteiger partial charge in [0, 0.05) is 17.9 Å². The summed E-state index contributed by atoms with van der Waals surface area (Å²) in [5.41, 5.74) is 1.64. The summed E-state index contributed by atoms with van der Waals surface area (Å²) in [5.74, 6) is 1.93. The van der Waals surface area contributed by atoms with Crippen molar-refractivity contribution < 1.29 is 9.13 Å². The second-order valence-electron chi connectivity index (χ2n) is 5.16. The monoisotopic (exact) mass is 343 g/mol. The van der Waals surface area contributed by atoms with Crippen LogP contribution in [0.4, 0.5) is 4.39 Å². The molecule has 0 fully saturated rings. The van der Waals surface area contributed by atoms with E-state index in [1.54, 1.807) is 19.2 Å². The van der Waals surface area contributed by atoms with Gasteiger partial charge in [-0.2, -0.15) is 0 Å². The highest BCUT2D eigenvalue weighted by atomic mass is 32.2. The minimum atomic E-state index is -0.192. The molecule has 4 nitrogen and oxygen atoms in total. The van der Waals surface area contributed by atoms with E-state index in [-0.39, 0.29) is 5.82 Å². The van der Waals surface area contributed by atoms with E-state index < -0.39 is 0 Å². The molecular weight excluding hydrogens is 325 g/mol. The van der Waals surface area contributed by atoms with E-state index in [1.165, 1.54) is 17.8 Å². The van der Waals surface area contributed by atoms with Crippen LogP contribution >= 0.6 is 11.8 Å². The first-order chi connectivity index (χ1) is 11.7. The Labute approximate surface area is 144 Å². The lowest BCUT2D eigenvalue weighted by atomic mass is 10.2. The van der Waals surface area contributed by atoms with Gasteiger partial charge in [0.2, 0.25) is 0 Å². The van der Waals surface area contributed by atoms with E-state index in [0.717, 1.165) is 28.8 Å². The fourth-order valence-corrected chi connectivity index (χ4v) is 3.38. The number of methoxy groups -OCH3 is 1. The molecule has 24 heavy (non-hydrogen) atoms. The third-order valence-electron chi connectivity index (χ3n) is 3.70. The lowest BCUT2D eigenvalue weighted by Gasteiger charge is -2.08. The third-order valence-corrected chi connectivity index (χ3v) is 4.71. The number of benzene rings is 2. The summed E-state index contributed by atoms with van der Waals surface area (Å²) in [6.07, 6.45) is 0. The van der Waals surface area contributed by atoms with Crippen LogP contribution in [0, 0.1) is 5.82 Å². The molecule has 0 aliphatic heterocycles. The van der Waals surface area contributed by atoms with Crippen LogP contribution in [-0.2, 0) is 12.3 Å². The van der Waals surface area contributed by atoms with Crippen molar-refractivity contribution >= 4 is 11.8 Å². The van der Waals surface area contributed by atoms with Gasteiger partial charge in [-0.15, -0.1) is 10.2 Å². The molecule has 0 aliphatic rings. The number of hydrogen-bond donors (Lipinski definition) is 0. The van der Waals surface area contributed by atoms with Crippen molar-refractivity contribution in [2.24, 2.45) is 0 Å². The van der Waals surface area contributed by atoms with E-state index in [2.05, 4.69) is 10.2 Å². The minimum absolute atomic E-state index is 0.192. The van der Waals surface area contributed by atoms with Gasteiger partial charge >= 0.3 is 0 Å². The maximum Gasteiger partial charge on any atom is 0.191 e. The second kappa shape index (κ2) is 7.49. The average molecular weight is 343 g/mol. The number of thioether (sulfide) groups is 1. The predicted octanol–water partition coefficient (Wildman–Crippen LogP) is 4.41. The van der Waals surface area contributed by atoms with Gasteiger partial charge in [0.1, 0.15) is 11.6 Å². The van der Waals surface area contributed by atoms with Gasteiger partial charge in [0.05, 0.1) is 7.11 Å². The zero-order chi connectivity index (χ0) is 16.9. The molecule has 0 saturated heterocycles. The lowest BCUT2D eigenvalue weighted by Crippen LogP contribution is -2.00. The number of ether oxygens (including phenoxy) is 1. The number of hydrogen-bond acceptors (Lipinski definition) is 4. The van der Waals surface area contributed by atoms with Gasteiger partial charge in [0.15, 0.2) is 11.0 Å². The van der Waals surface area contributed by atoms with Crippen LogP contribution in [0.25, 0.3) is 11.4 Å². The Hall–Kier alpha value is -2.34. The fraction of sp³-hybridized carbons (Fsp3) is 0.222. The predicted molar refractivity (Wildman–Crippen MR) is 93.6 cm³/mol. The van der Waals surface area contributed by atoms with Crippen LogP contribution in [-0.4, -0.2) is 21.9 Å². The zero-order valence-corrected chi connectivity index (χ0v) is 14.4. The first-order valence-electron chi connectivity index (χ1n) is 7.66. The van der Waals surface area contributed by atoms with Crippen molar-refractivity contribution in [3.8, 4) is 17.1 Å². The smallest absolute Gasteiger partial charge is 0.191 e. The number of halogens is 1. The van der Waals surface area contributed by atoms with E-state index in [4.69, 9.17) is 4.74 Å². The van der Waals surface area contributed by atoms with E-state index in [1.807, 2.05) is 41.8 Å². The van der Waals surface area contributed by atoms with Gasteiger partial charge in [-0.1, -0.05) is 30.0 Å². The maximum atomic E-state index is 13.7. The molecular formula is C18H18FN3OS. The Morgan fingerprint density at radius 2 is 1.83 bits per heavy atom.